The number of amides is 1. The summed E-state index contributed by atoms with van der Waals surface area (Å²) in [5.41, 5.74) is 3.96. The lowest BCUT2D eigenvalue weighted by Gasteiger charge is -2.14. The van der Waals surface area contributed by atoms with Crippen LogP contribution < -0.4 is 9.47 Å². The van der Waals surface area contributed by atoms with E-state index in [0.717, 1.165) is 22.3 Å². The quantitative estimate of drug-likeness (QED) is 0.271. The number of ether oxygens (including phenoxy) is 2. The minimum Gasteiger partial charge on any atom is -0.493 e. The van der Waals surface area contributed by atoms with Crippen molar-refractivity contribution in [2.75, 3.05) is 7.11 Å². The molecule has 3 aromatic carbocycles. The van der Waals surface area contributed by atoms with E-state index in [4.69, 9.17) is 33.3 Å². The third-order valence-corrected chi connectivity index (χ3v) is 6.73. The van der Waals surface area contributed by atoms with Gasteiger partial charge in [-0.2, -0.15) is 0 Å². The Balaban J connectivity index is 1.53. The number of methoxy groups -OCH3 is 1. The molecular formula is C26H22ClNO3S2. The second kappa shape index (κ2) is 10.4. The van der Waals surface area contributed by atoms with Gasteiger partial charge in [-0.15, -0.1) is 0 Å². The minimum atomic E-state index is -0.122. The molecule has 0 bridgehead atoms. The molecule has 7 heteroatoms. The fraction of sp³-hybridized carbons (Fsp3) is 0.154. The number of thiocarbonyl (C=S) groups is 1. The van der Waals surface area contributed by atoms with Gasteiger partial charge in [0.1, 0.15) is 10.9 Å². The smallest absolute Gasteiger partial charge is 0.266 e. The van der Waals surface area contributed by atoms with Gasteiger partial charge in [-0.25, -0.2) is 0 Å². The molecule has 33 heavy (non-hydrogen) atoms. The zero-order valence-electron chi connectivity index (χ0n) is 18.2. The maximum absolute atomic E-state index is 13.0. The molecular weight excluding hydrogens is 474 g/mol. The topological polar surface area (TPSA) is 38.8 Å². The van der Waals surface area contributed by atoms with Crippen LogP contribution in [0.1, 0.15) is 22.3 Å². The molecule has 1 amide bonds. The van der Waals surface area contributed by atoms with E-state index in [2.05, 4.69) is 6.07 Å². The van der Waals surface area contributed by atoms with Gasteiger partial charge in [-0.3, -0.25) is 9.69 Å². The van der Waals surface area contributed by atoms with Crippen molar-refractivity contribution >= 4 is 51.9 Å². The molecule has 168 valence electrons. The largest absolute Gasteiger partial charge is 0.493 e. The summed E-state index contributed by atoms with van der Waals surface area (Å²) in [6.45, 7) is 2.85. The highest BCUT2D eigenvalue weighted by Gasteiger charge is 2.32. The van der Waals surface area contributed by atoms with E-state index in [-0.39, 0.29) is 5.91 Å². The zero-order chi connectivity index (χ0) is 23.4. The van der Waals surface area contributed by atoms with Crippen molar-refractivity contribution in [1.29, 1.82) is 0 Å². The summed E-state index contributed by atoms with van der Waals surface area (Å²) in [5.74, 6) is 0.847. The van der Waals surface area contributed by atoms with Crippen molar-refractivity contribution in [2.45, 2.75) is 20.1 Å². The molecule has 0 saturated carbocycles. The van der Waals surface area contributed by atoms with Crippen LogP contribution in [0, 0.1) is 6.92 Å². The summed E-state index contributed by atoms with van der Waals surface area (Å²) in [6.07, 6.45) is 1.78. The van der Waals surface area contributed by atoms with E-state index in [9.17, 15) is 4.79 Å². The lowest BCUT2D eigenvalue weighted by molar-refractivity contribution is -0.122. The average Bonchev–Trinajstić information content (AvgIpc) is 3.06. The zero-order valence-corrected chi connectivity index (χ0v) is 20.6. The van der Waals surface area contributed by atoms with Gasteiger partial charge in [0, 0.05) is 0 Å². The Morgan fingerprint density at radius 3 is 2.55 bits per heavy atom. The maximum atomic E-state index is 13.0. The SMILES string of the molecule is COc1cc(/C=C2\SC(=S)N(Cc3ccccc3)C2=O)cc(Cl)c1OCc1cccc(C)c1. The van der Waals surface area contributed by atoms with Crippen molar-refractivity contribution < 1.29 is 14.3 Å². The van der Waals surface area contributed by atoms with Gasteiger partial charge in [0.05, 0.1) is 23.6 Å². The first kappa shape index (κ1) is 23.4. The van der Waals surface area contributed by atoms with Gasteiger partial charge in [0.15, 0.2) is 11.5 Å². The van der Waals surface area contributed by atoms with Gasteiger partial charge in [-0.1, -0.05) is 95.7 Å². The van der Waals surface area contributed by atoms with E-state index < -0.39 is 0 Å². The summed E-state index contributed by atoms with van der Waals surface area (Å²) >= 11 is 13.3. The van der Waals surface area contributed by atoms with Crippen LogP contribution in [0.15, 0.2) is 71.6 Å². The monoisotopic (exact) mass is 495 g/mol. The fourth-order valence-corrected chi connectivity index (χ4v) is 5.00. The van der Waals surface area contributed by atoms with E-state index in [1.165, 1.54) is 11.8 Å². The third kappa shape index (κ3) is 5.58. The van der Waals surface area contributed by atoms with Crippen molar-refractivity contribution in [3.63, 3.8) is 0 Å². The van der Waals surface area contributed by atoms with Gasteiger partial charge in [0.25, 0.3) is 5.91 Å². The molecule has 0 atom stereocenters. The second-order valence-corrected chi connectivity index (χ2v) is 9.65. The first-order valence-corrected chi connectivity index (χ1v) is 11.9. The van der Waals surface area contributed by atoms with Gasteiger partial charge in [-0.05, 0) is 41.8 Å². The van der Waals surface area contributed by atoms with Crippen LogP contribution in [0.4, 0.5) is 0 Å². The predicted octanol–water partition coefficient (Wildman–Crippen LogP) is 6.64. The first-order chi connectivity index (χ1) is 15.9. The molecule has 1 aliphatic rings. The highest BCUT2D eigenvalue weighted by molar-refractivity contribution is 8.26. The van der Waals surface area contributed by atoms with Crippen LogP contribution in [0.5, 0.6) is 11.5 Å². The minimum absolute atomic E-state index is 0.122. The predicted molar refractivity (Wildman–Crippen MR) is 139 cm³/mol. The molecule has 1 aliphatic heterocycles. The molecule has 0 aromatic heterocycles. The normalized spacial score (nSPS) is 14.8. The van der Waals surface area contributed by atoms with Gasteiger partial charge >= 0.3 is 0 Å². The molecule has 4 rings (SSSR count). The molecule has 0 radical (unpaired) electrons. The number of hydrogen-bond acceptors (Lipinski definition) is 5. The lowest BCUT2D eigenvalue weighted by atomic mass is 10.1. The molecule has 0 unspecified atom stereocenters. The van der Waals surface area contributed by atoms with Gasteiger partial charge < -0.3 is 9.47 Å². The summed E-state index contributed by atoms with van der Waals surface area (Å²) in [6, 6.07) is 21.4. The molecule has 3 aromatic rings. The average molecular weight is 496 g/mol. The number of thioether (sulfide) groups is 1. The Morgan fingerprint density at radius 1 is 1.06 bits per heavy atom. The molecule has 1 saturated heterocycles. The second-order valence-electron chi connectivity index (χ2n) is 7.57. The van der Waals surface area contributed by atoms with Crippen LogP contribution in [-0.2, 0) is 17.9 Å². The Morgan fingerprint density at radius 2 is 1.82 bits per heavy atom. The Kier molecular flexibility index (Phi) is 7.38. The van der Waals surface area contributed by atoms with Crippen LogP contribution >= 0.6 is 35.6 Å². The number of carbonyl (C=O) groups is 1. The van der Waals surface area contributed by atoms with Crippen molar-refractivity contribution in [3.05, 3.63) is 98.9 Å². The van der Waals surface area contributed by atoms with E-state index >= 15 is 0 Å². The number of carbonyl (C=O) groups excluding carboxylic acids is 1. The summed E-state index contributed by atoms with van der Waals surface area (Å²) in [4.78, 5) is 15.1. The van der Waals surface area contributed by atoms with E-state index in [1.54, 1.807) is 30.2 Å². The highest BCUT2D eigenvalue weighted by Crippen LogP contribution is 2.39. The molecule has 0 spiro atoms. The lowest BCUT2D eigenvalue weighted by Crippen LogP contribution is -2.27. The van der Waals surface area contributed by atoms with Crippen molar-refractivity contribution in [1.82, 2.24) is 4.90 Å². The molecule has 1 heterocycles. The molecule has 1 fully saturated rings. The number of benzene rings is 3. The Labute approximate surface area is 208 Å². The number of hydrogen-bond donors (Lipinski definition) is 0. The van der Waals surface area contributed by atoms with E-state index in [0.29, 0.717) is 38.9 Å². The molecule has 0 N–H and O–H groups in total. The van der Waals surface area contributed by atoms with Crippen molar-refractivity contribution in [3.8, 4) is 11.5 Å². The third-order valence-electron chi connectivity index (χ3n) is 5.07. The van der Waals surface area contributed by atoms with E-state index in [1.807, 2.05) is 55.5 Å². The molecule has 0 aliphatic carbocycles. The van der Waals surface area contributed by atoms with Crippen LogP contribution in [0.2, 0.25) is 5.02 Å². The molecule has 4 nitrogen and oxygen atoms in total. The maximum Gasteiger partial charge on any atom is 0.266 e. The van der Waals surface area contributed by atoms with Crippen LogP contribution in [0.3, 0.4) is 0 Å². The summed E-state index contributed by atoms with van der Waals surface area (Å²) in [5, 5.41) is 0.410. The fourth-order valence-electron chi connectivity index (χ4n) is 3.47. The first-order valence-electron chi connectivity index (χ1n) is 10.3. The highest BCUT2D eigenvalue weighted by atomic mass is 35.5. The standard InChI is InChI=1S/C26H22ClNO3S2/c1-17-7-6-10-19(11-17)16-31-24-21(27)12-20(13-22(24)30-2)14-23-25(29)28(26(32)33-23)15-18-8-4-3-5-9-18/h3-14H,15-16H2,1-2H3/b23-14-. The Hall–Kier alpha value is -2.80. The number of nitrogens with zero attached hydrogens (tertiary/aromatic N) is 1. The van der Waals surface area contributed by atoms with Crippen LogP contribution in [-0.4, -0.2) is 22.2 Å². The number of aryl methyl sites for hydroxylation is 1. The summed E-state index contributed by atoms with van der Waals surface area (Å²) < 4.78 is 12.0. The van der Waals surface area contributed by atoms with Crippen molar-refractivity contribution in [2.24, 2.45) is 0 Å². The number of rotatable bonds is 7. The summed E-state index contributed by atoms with van der Waals surface area (Å²) in [7, 11) is 1.56. The number of halogens is 1. The van der Waals surface area contributed by atoms with Crippen LogP contribution in [0.25, 0.3) is 6.08 Å². The Bertz CT molecular complexity index is 1230. The van der Waals surface area contributed by atoms with Gasteiger partial charge in [0.2, 0.25) is 0 Å².